The summed E-state index contributed by atoms with van der Waals surface area (Å²) < 4.78 is 0. The maximum atomic E-state index is 12.6. The first-order valence-electron chi connectivity index (χ1n) is 6.66. The van der Waals surface area contributed by atoms with E-state index in [1.165, 1.54) is 11.3 Å². The number of rotatable bonds is 2. The van der Waals surface area contributed by atoms with Crippen LogP contribution < -0.4 is 5.69 Å². The molecule has 2 N–H and O–H groups in total. The van der Waals surface area contributed by atoms with Crippen LogP contribution in [0.15, 0.2) is 16.2 Å². The van der Waals surface area contributed by atoms with E-state index in [4.69, 9.17) is 0 Å². The van der Waals surface area contributed by atoms with Crippen molar-refractivity contribution in [3.63, 3.8) is 0 Å². The van der Waals surface area contributed by atoms with Crippen LogP contribution in [0.3, 0.4) is 0 Å². The Bertz CT molecular complexity index is 672. The third-order valence-corrected chi connectivity index (χ3v) is 4.58. The molecule has 6 nitrogen and oxygen atoms in total. The molecule has 2 aromatic heterocycles. The summed E-state index contributed by atoms with van der Waals surface area (Å²) in [6.45, 7) is 2.68. The van der Waals surface area contributed by atoms with Gasteiger partial charge in [0.1, 0.15) is 0 Å². The second-order valence-corrected chi connectivity index (χ2v) is 5.97. The van der Waals surface area contributed by atoms with E-state index in [9.17, 15) is 9.59 Å². The van der Waals surface area contributed by atoms with Gasteiger partial charge in [-0.05, 0) is 43.2 Å². The maximum absolute atomic E-state index is 12.6. The Morgan fingerprint density at radius 2 is 2.35 bits per heavy atom. The zero-order valence-corrected chi connectivity index (χ0v) is 12.0. The zero-order chi connectivity index (χ0) is 14.1. The minimum atomic E-state index is -0.329. The number of likely N-dealkylation sites (tertiary alicyclic amines) is 1. The Balaban J connectivity index is 1.89. The van der Waals surface area contributed by atoms with E-state index in [0.717, 1.165) is 29.7 Å². The molecule has 3 heterocycles. The number of carbonyl (C=O) groups is 1. The number of H-pyrrole nitrogens is 2. The van der Waals surface area contributed by atoms with Gasteiger partial charge in [-0.2, -0.15) is 5.10 Å². The third-order valence-electron chi connectivity index (χ3n) is 3.54. The number of amides is 1. The van der Waals surface area contributed by atoms with E-state index >= 15 is 0 Å². The minimum absolute atomic E-state index is 0.0247. The van der Waals surface area contributed by atoms with Crippen LogP contribution in [0.1, 0.15) is 46.4 Å². The van der Waals surface area contributed by atoms with Gasteiger partial charge in [-0.25, -0.2) is 9.89 Å². The van der Waals surface area contributed by atoms with Crippen molar-refractivity contribution in [1.29, 1.82) is 0 Å². The standard InChI is InChI=1S/C13H16N4O2S/c1-8-6-10(20-7-8)12(18)17-5-3-2-4-9(17)11-14-13(19)16-15-11/h6-7,9H,2-5H2,1H3,(H2,14,15,16,19)/t9-/m0/s1. The van der Waals surface area contributed by atoms with E-state index in [2.05, 4.69) is 15.2 Å². The predicted molar refractivity (Wildman–Crippen MR) is 75.9 cm³/mol. The number of piperidine rings is 1. The Morgan fingerprint density at radius 1 is 1.50 bits per heavy atom. The lowest BCUT2D eigenvalue weighted by molar-refractivity contribution is 0.0605. The average molecular weight is 292 g/mol. The molecule has 7 heteroatoms. The quantitative estimate of drug-likeness (QED) is 0.886. The van der Waals surface area contributed by atoms with Crippen LogP contribution in [0.2, 0.25) is 0 Å². The summed E-state index contributed by atoms with van der Waals surface area (Å²) in [7, 11) is 0. The van der Waals surface area contributed by atoms with E-state index < -0.39 is 0 Å². The number of aromatic amines is 2. The van der Waals surface area contributed by atoms with Crippen molar-refractivity contribution in [3.8, 4) is 0 Å². The molecule has 106 valence electrons. The molecular weight excluding hydrogens is 276 g/mol. The fourth-order valence-electron chi connectivity index (χ4n) is 2.58. The summed E-state index contributed by atoms with van der Waals surface area (Å²) in [5, 5.41) is 8.34. The Morgan fingerprint density at radius 3 is 3.00 bits per heavy atom. The lowest BCUT2D eigenvalue weighted by Crippen LogP contribution is -2.38. The highest BCUT2D eigenvalue weighted by atomic mass is 32.1. The summed E-state index contributed by atoms with van der Waals surface area (Å²) >= 11 is 1.46. The number of nitrogens with one attached hydrogen (secondary N) is 2. The van der Waals surface area contributed by atoms with E-state index in [-0.39, 0.29) is 17.6 Å². The molecule has 0 bridgehead atoms. The number of aryl methyl sites for hydroxylation is 1. The van der Waals surface area contributed by atoms with Gasteiger partial charge >= 0.3 is 5.69 Å². The molecular formula is C13H16N4O2S. The lowest BCUT2D eigenvalue weighted by Gasteiger charge is -2.33. The smallest absolute Gasteiger partial charge is 0.328 e. The largest absolute Gasteiger partial charge is 0.340 e. The summed E-state index contributed by atoms with van der Waals surface area (Å²) in [6, 6.07) is 1.77. The van der Waals surface area contributed by atoms with Gasteiger partial charge in [0.2, 0.25) is 0 Å². The first-order chi connectivity index (χ1) is 9.65. The van der Waals surface area contributed by atoms with Crippen molar-refractivity contribution in [3.05, 3.63) is 38.2 Å². The molecule has 0 aromatic carbocycles. The van der Waals surface area contributed by atoms with Gasteiger partial charge in [-0.1, -0.05) is 0 Å². The summed E-state index contributed by atoms with van der Waals surface area (Å²) in [5.74, 6) is 0.577. The first kappa shape index (κ1) is 13.1. The van der Waals surface area contributed by atoms with E-state index in [1.807, 2.05) is 23.3 Å². The van der Waals surface area contributed by atoms with Crippen molar-refractivity contribution in [2.45, 2.75) is 32.2 Å². The number of carbonyl (C=O) groups excluding carboxylic acids is 1. The highest BCUT2D eigenvalue weighted by Crippen LogP contribution is 2.30. The van der Waals surface area contributed by atoms with E-state index in [1.54, 1.807) is 0 Å². The number of thiophene rings is 1. The number of nitrogens with zero attached hydrogens (tertiary/aromatic N) is 2. The first-order valence-corrected chi connectivity index (χ1v) is 7.54. The van der Waals surface area contributed by atoms with Gasteiger partial charge in [0.15, 0.2) is 5.82 Å². The fourth-order valence-corrected chi connectivity index (χ4v) is 3.44. The molecule has 0 spiro atoms. The van der Waals surface area contributed by atoms with Crippen molar-refractivity contribution in [2.75, 3.05) is 6.54 Å². The van der Waals surface area contributed by atoms with E-state index in [0.29, 0.717) is 12.4 Å². The molecule has 1 aliphatic rings. The van der Waals surface area contributed by atoms with Crippen molar-refractivity contribution in [1.82, 2.24) is 20.1 Å². The van der Waals surface area contributed by atoms with Crippen LogP contribution in [-0.4, -0.2) is 32.5 Å². The normalized spacial score (nSPS) is 19.2. The van der Waals surface area contributed by atoms with Crippen molar-refractivity contribution < 1.29 is 4.79 Å². The number of aromatic nitrogens is 3. The van der Waals surface area contributed by atoms with Crippen molar-refractivity contribution >= 4 is 17.2 Å². The molecule has 1 fully saturated rings. The number of hydrogen-bond donors (Lipinski definition) is 2. The van der Waals surface area contributed by atoms with Crippen LogP contribution in [0, 0.1) is 6.92 Å². The molecule has 1 saturated heterocycles. The fraction of sp³-hybridized carbons (Fsp3) is 0.462. The highest BCUT2D eigenvalue weighted by molar-refractivity contribution is 7.12. The third kappa shape index (κ3) is 2.40. The second-order valence-electron chi connectivity index (χ2n) is 5.06. The zero-order valence-electron chi connectivity index (χ0n) is 11.2. The van der Waals surface area contributed by atoms with Crippen LogP contribution in [-0.2, 0) is 0 Å². The molecule has 0 radical (unpaired) electrons. The maximum Gasteiger partial charge on any atom is 0.340 e. The van der Waals surface area contributed by atoms with Gasteiger partial charge in [0.05, 0.1) is 10.9 Å². The van der Waals surface area contributed by atoms with Crippen LogP contribution >= 0.6 is 11.3 Å². The molecule has 0 saturated carbocycles. The summed E-state index contributed by atoms with van der Waals surface area (Å²) in [4.78, 5) is 29.1. The average Bonchev–Trinajstić information content (AvgIpc) is 3.07. The second kappa shape index (κ2) is 5.24. The monoisotopic (exact) mass is 292 g/mol. The molecule has 2 aromatic rings. The van der Waals surface area contributed by atoms with Gasteiger partial charge in [-0.3, -0.25) is 9.78 Å². The SMILES string of the molecule is Cc1csc(C(=O)N2CCCC[C@H]2c2n[nH]c(=O)[nH]2)c1. The molecule has 0 aliphatic carbocycles. The Labute approximate surface area is 119 Å². The van der Waals surface area contributed by atoms with Gasteiger partial charge < -0.3 is 4.90 Å². The molecule has 20 heavy (non-hydrogen) atoms. The van der Waals surface area contributed by atoms with Crippen molar-refractivity contribution in [2.24, 2.45) is 0 Å². The lowest BCUT2D eigenvalue weighted by atomic mass is 10.0. The summed E-state index contributed by atoms with van der Waals surface area (Å²) in [5.41, 5.74) is 0.769. The number of hydrogen-bond acceptors (Lipinski definition) is 4. The van der Waals surface area contributed by atoms with Gasteiger partial charge in [-0.15, -0.1) is 11.3 Å². The Hall–Kier alpha value is -1.89. The summed E-state index contributed by atoms with van der Waals surface area (Å²) in [6.07, 6.45) is 2.85. The van der Waals surface area contributed by atoms with Crippen LogP contribution in [0.4, 0.5) is 0 Å². The minimum Gasteiger partial charge on any atom is -0.328 e. The molecule has 3 rings (SSSR count). The van der Waals surface area contributed by atoms with Gasteiger partial charge in [0, 0.05) is 6.54 Å². The van der Waals surface area contributed by atoms with Gasteiger partial charge in [0.25, 0.3) is 5.91 Å². The highest BCUT2D eigenvalue weighted by Gasteiger charge is 2.31. The van der Waals surface area contributed by atoms with Crippen LogP contribution in [0.25, 0.3) is 0 Å². The molecule has 1 aliphatic heterocycles. The molecule has 1 atom stereocenters. The Kier molecular flexibility index (Phi) is 3.43. The predicted octanol–water partition coefficient (Wildman–Crippen LogP) is 1.84. The topological polar surface area (TPSA) is 81.8 Å². The van der Waals surface area contributed by atoms with Crippen LogP contribution in [0.5, 0.6) is 0 Å². The molecule has 0 unspecified atom stereocenters. The molecule has 1 amide bonds.